The van der Waals surface area contributed by atoms with E-state index < -0.39 is 0 Å². The molecule has 0 aliphatic carbocycles. The van der Waals surface area contributed by atoms with E-state index in [2.05, 4.69) is 4.98 Å². The summed E-state index contributed by atoms with van der Waals surface area (Å²) < 4.78 is 1.52. The fourth-order valence-electron chi connectivity index (χ4n) is 1.79. The molecular weight excluding hydrogens is 204 g/mol. The van der Waals surface area contributed by atoms with Crippen LogP contribution in [0.4, 0.5) is 0 Å². The normalized spacial score (nSPS) is 10.9. The first-order valence-corrected chi connectivity index (χ1v) is 5.23. The maximum Gasteiger partial charge on any atom is 0.261 e. The average molecular weight is 218 g/mol. The molecule has 0 aliphatic rings. The number of rotatable bonds is 2. The first-order chi connectivity index (χ1) is 7.63. The molecule has 0 saturated heterocycles. The number of aryl methyl sites for hydroxylation is 2. The highest BCUT2D eigenvalue weighted by Gasteiger charge is 2.08. The lowest BCUT2D eigenvalue weighted by Gasteiger charge is -2.07. The van der Waals surface area contributed by atoms with Crippen molar-refractivity contribution >= 4 is 5.65 Å². The van der Waals surface area contributed by atoms with Crippen LogP contribution in [-0.2, 0) is 6.42 Å². The van der Waals surface area contributed by atoms with Gasteiger partial charge in [-0.15, -0.1) is 0 Å². The minimum atomic E-state index is -0.0865. The van der Waals surface area contributed by atoms with Crippen LogP contribution in [0.25, 0.3) is 5.65 Å². The molecule has 2 rings (SSSR count). The fraction of sp³-hybridized carbons (Fsp3) is 0.333. The number of aromatic nitrogens is 2. The van der Waals surface area contributed by atoms with E-state index >= 15 is 0 Å². The summed E-state index contributed by atoms with van der Waals surface area (Å²) in [7, 11) is 0. The number of aliphatic hydroxyl groups excluding tert-OH is 1. The SMILES string of the molecule is Cc1ccn2c(=O)c(CCO)c(C)nc2c1. The number of pyridine rings is 1. The van der Waals surface area contributed by atoms with Gasteiger partial charge in [-0.05, 0) is 31.5 Å². The van der Waals surface area contributed by atoms with Gasteiger partial charge in [0.2, 0.25) is 0 Å². The monoisotopic (exact) mass is 218 g/mol. The lowest BCUT2D eigenvalue weighted by molar-refractivity contribution is 0.298. The summed E-state index contributed by atoms with van der Waals surface area (Å²) in [5, 5.41) is 8.91. The molecule has 84 valence electrons. The maximum atomic E-state index is 12.1. The number of hydrogen-bond donors (Lipinski definition) is 1. The minimum absolute atomic E-state index is 0.0321. The van der Waals surface area contributed by atoms with Crippen molar-refractivity contribution in [2.45, 2.75) is 20.3 Å². The van der Waals surface area contributed by atoms with E-state index in [-0.39, 0.29) is 12.2 Å². The summed E-state index contributed by atoms with van der Waals surface area (Å²) in [6, 6.07) is 3.74. The summed E-state index contributed by atoms with van der Waals surface area (Å²) in [4.78, 5) is 16.4. The highest BCUT2D eigenvalue weighted by Crippen LogP contribution is 2.06. The molecule has 0 atom stereocenters. The Kier molecular flexibility index (Phi) is 2.75. The third kappa shape index (κ3) is 1.72. The van der Waals surface area contributed by atoms with Crippen LogP contribution in [0.3, 0.4) is 0 Å². The smallest absolute Gasteiger partial charge is 0.261 e. The van der Waals surface area contributed by atoms with E-state index in [0.29, 0.717) is 23.3 Å². The zero-order valence-electron chi connectivity index (χ0n) is 9.40. The third-order valence-electron chi connectivity index (χ3n) is 2.65. The van der Waals surface area contributed by atoms with Crippen LogP contribution in [0.1, 0.15) is 16.8 Å². The number of nitrogens with zero attached hydrogens (tertiary/aromatic N) is 2. The van der Waals surface area contributed by atoms with Crippen molar-refractivity contribution in [2.75, 3.05) is 6.61 Å². The molecule has 0 radical (unpaired) electrons. The molecule has 0 aliphatic heterocycles. The molecule has 0 spiro atoms. The Balaban J connectivity index is 2.78. The predicted octanol–water partition coefficient (Wildman–Crippen LogP) is 0.846. The Labute approximate surface area is 93.2 Å². The Morgan fingerprint density at radius 3 is 2.88 bits per heavy atom. The summed E-state index contributed by atoms with van der Waals surface area (Å²) in [5.41, 5.74) is 2.93. The molecule has 0 amide bonds. The molecule has 2 heterocycles. The predicted molar refractivity (Wildman–Crippen MR) is 61.7 cm³/mol. The maximum absolute atomic E-state index is 12.1. The zero-order chi connectivity index (χ0) is 11.7. The average Bonchev–Trinajstić information content (AvgIpc) is 2.23. The molecule has 0 unspecified atom stereocenters. The largest absolute Gasteiger partial charge is 0.396 e. The van der Waals surface area contributed by atoms with Crippen LogP contribution in [0.2, 0.25) is 0 Å². The van der Waals surface area contributed by atoms with Crippen LogP contribution in [0, 0.1) is 13.8 Å². The Hall–Kier alpha value is -1.68. The lowest BCUT2D eigenvalue weighted by Crippen LogP contribution is -2.22. The van der Waals surface area contributed by atoms with Crippen molar-refractivity contribution < 1.29 is 5.11 Å². The highest BCUT2D eigenvalue weighted by atomic mass is 16.3. The van der Waals surface area contributed by atoms with Crippen molar-refractivity contribution in [3.05, 3.63) is 45.5 Å². The second kappa shape index (κ2) is 4.06. The van der Waals surface area contributed by atoms with Crippen molar-refractivity contribution in [1.29, 1.82) is 0 Å². The summed E-state index contributed by atoms with van der Waals surface area (Å²) in [5.74, 6) is 0. The molecule has 16 heavy (non-hydrogen) atoms. The van der Waals surface area contributed by atoms with Crippen molar-refractivity contribution in [2.24, 2.45) is 0 Å². The van der Waals surface area contributed by atoms with Gasteiger partial charge < -0.3 is 5.11 Å². The number of fused-ring (bicyclic) bond motifs is 1. The van der Waals surface area contributed by atoms with E-state index in [1.165, 1.54) is 4.40 Å². The van der Waals surface area contributed by atoms with E-state index in [1.807, 2.05) is 19.1 Å². The standard InChI is InChI=1S/C12H14N2O2/c1-8-3-5-14-11(7-8)13-9(2)10(4-6-15)12(14)16/h3,5,7,15H,4,6H2,1-2H3. The first-order valence-electron chi connectivity index (χ1n) is 5.23. The van der Waals surface area contributed by atoms with Crippen LogP contribution in [-0.4, -0.2) is 21.1 Å². The third-order valence-corrected chi connectivity index (χ3v) is 2.65. The first kappa shape index (κ1) is 10.8. The summed E-state index contributed by atoms with van der Waals surface area (Å²) in [6.07, 6.45) is 2.08. The van der Waals surface area contributed by atoms with Gasteiger partial charge in [-0.1, -0.05) is 0 Å². The molecule has 2 aromatic heterocycles. The quantitative estimate of drug-likeness (QED) is 0.813. The van der Waals surface area contributed by atoms with Crippen molar-refractivity contribution in [3.8, 4) is 0 Å². The number of aliphatic hydroxyl groups is 1. The molecule has 0 fully saturated rings. The molecule has 0 aromatic carbocycles. The lowest BCUT2D eigenvalue weighted by atomic mass is 10.1. The van der Waals surface area contributed by atoms with Crippen molar-refractivity contribution in [3.63, 3.8) is 0 Å². The highest BCUT2D eigenvalue weighted by molar-refractivity contribution is 5.43. The molecule has 0 saturated carbocycles. The van der Waals surface area contributed by atoms with Crippen LogP contribution < -0.4 is 5.56 Å². The Morgan fingerprint density at radius 2 is 2.19 bits per heavy atom. The fourth-order valence-corrected chi connectivity index (χ4v) is 1.79. The second-order valence-corrected chi connectivity index (χ2v) is 3.89. The van der Waals surface area contributed by atoms with Crippen LogP contribution in [0.15, 0.2) is 23.1 Å². The molecular formula is C12H14N2O2. The van der Waals surface area contributed by atoms with E-state index in [9.17, 15) is 4.79 Å². The van der Waals surface area contributed by atoms with Gasteiger partial charge in [-0.2, -0.15) is 0 Å². The Bertz CT molecular complexity index is 587. The van der Waals surface area contributed by atoms with Gasteiger partial charge in [0.05, 0.1) is 0 Å². The summed E-state index contributed by atoms with van der Waals surface area (Å²) in [6.45, 7) is 3.73. The van der Waals surface area contributed by atoms with E-state index in [0.717, 1.165) is 5.56 Å². The van der Waals surface area contributed by atoms with Gasteiger partial charge in [0.25, 0.3) is 5.56 Å². The van der Waals surface area contributed by atoms with E-state index in [1.54, 1.807) is 13.1 Å². The number of hydrogen-bond acceptors (Lipinski definition) is 3. The van der Waals surface area contributed by atoms with Crippen LogP contribution >= 0.6 is 0 Å². The Morgan fingerprint density at radius 1 is 1.44 bits per heavy atom. The van der Waals surface area contributed by atoms with Gasteiger partial charge in [0.1, 0.15) is 5.65 Å². The van der Waals surface area contributed by atoms with Gasteiger partial charge in [-0.25, -0.2) is 4.98 Å². The molecule has 2 aromatic rings. The molecule has 0 bridgehead atoms. The van der Waals surface area contributed by atoms with Crippen molar-refractivity contribution in [1.82, 2.24) is 9.38 Å². The van der Waals surface area contributed by atoms with Gasteiger partial charge in [-0.3, -0.25) is 9.20 Å². The minimum Gasteiger partial charge on any atom is -0.396 e. The van der Waals surface area contributed by atoms with Gasteiger partial charge >= 0.3 is 0 Å². The van der Waals surface area contributed by atoms with Crippen LogP contribution in [0.5, 0.6) is 0 Å². The molecule has 4 nitrogen and oxygen atoms in total. The van der Waals surface area contributed by atoms with Gasteiger partial charge in [0, 0.05) is 30.5 Å². The second-order valence-electron chi connectivity index (χ2n) is 3.89. The molecule has 1 N–H and O–H groups in total. The topological polar surface area (TPSA) is 54.6 Å². The summed E-state index contributed by atoms with van der Waals surface area (Å²) >= 11 is 0. The van der Waals surface area contributed by atoms with Gasteiger partial charge in [0.15, 0.2) is 0 Å². The zero-order valence-corrected chi connectivity index (χ0v) is 9.40. The molecule has 4 heteroatoms. The van der Waals surface area contributed by atoms with E-state index in [4.69, 9.17) is 5.11 Å².